The number of hydrogen-bond acceptors (Lipinski definition) is 0. The Morgan fingerprint density at radius 2 is 1.10 bits per heavy atom. The molecule has 1 aliphatic rings. The Kier molecular flexibility index (Phi) is 7.86. The second kappa shape index (κ2) is 11.0. The maximum Gasteiger partial charge on any atom is 0.0406 e. The lowest BCUT2D eigenvalue weighted by molar-refractivity contribution is 0.310. The molecular weight excluding hydrogens is 396 g/mol. The van der Waals surface area contributed by atoms with Gasteiger partial charge in [0.05, 0.1) is 0 Å². The number of benzene rings is 3. The van der Waals surface area contributed by atoms with Crippen LogP contribution >= 0.6 is 11.6 Å². The zero-order valence-electron chi connectivity index (χ0n) is 18.8. The largest absolute Gasteiger partial charge is 0.0843 e. The minimum absolute atomic E-state index is 0.780. The summed E-state index contributed by atoms with van der Waals surface area (Å²) in [6.07, 6.45) is 11.4. The molecular formula is C30H35Cl. The molecule has 0 N–H and O–H groups in total. The predicted molar refractivity (Wildman–Crippen MR) is 134 cm³/mol. The Morgan fingerprint density at radius 1 is 0.613 bits per heavy atom. The summed E-state index contributed by atoms with van der Waals surface area (Å²) < 4.78 is 0. The quantitative estimate of drug-likeness (QED) is 0.335. The molecule has 0 nitrogen and oxygen atoms in total. The lowest BCUT2D eigenvalue weighted by Gasteiger charge is -2.29. The van der Waals surface area contributed by atoms with E-state index in [0.717, 1.165) is 36.1 Å². The summed E-state index contributed by atoms with van der Waals surface area (Å²) in [6, 6.07) is 26.9. The van der Waals surface area contributed by atoms with Crippen molar-refractivity contribution in [3.8, 4) is 0 Å². The molecule has 0 aliphatic heterocycles. The Morgan fingerprint density at radius 3 is 1.65 bits per heavy atom. The van der Waals surface area contributed by atoms with E-state index < -0.39 is 0 Å². The molecule has 1 saturated carbocycles. The van der Waals surface area contributed by atoms with E-state index in [1.165, 1.54) is 60.8 Å². The fraction of sp³-hybridized carbons (Fsp3) is 0.400. The lowest BCUT2D eigenvalue weighted by atomic mass is 9.77. The fourth-order valence-electron chi connectivity index (χ4n) is 4.99. The molecule has 162 valence electrons. The van der Waals surface area contributed by atoms with Crippen LogP contribution in [0.3, 0.4) is 0 Å². The molecule has 1 fully saturated rings. The smallest absolute Gasteiger partial charge is 0.0406 e. The van der Waals surface area contributed by atoms with Gasteiger partial charge in [0, 0.05) is 5.02 Å². The van der Waals surface area contributed by atoms with Gasteiger partial charge < -0.3 is 0 Å². The monoisotopic (exact) mass is 430 g/mol. The van der Waals surface area contributed by atoms with Crippen LogP contribution in [-0.2, 0) is 25.7 Å². The first-order valence-electron chi connectivity index (χ1n) is 12.1. The molecule has 4 rings (SSSR count). The molecule has 0 heterocycles. The van der Waals surface area contributed by atoms with Crippen LogP contribution in [0.25, 0.3) is 0 Å². The normalized spacial score (nSPS) is 18.8. The summed E-state index contributed by atoms with van der Waals surface area (Å²) in [7, 11) is 0. The highest BCUT2D eigenvalue weighted by Crippen LogP contribution is 2.37. The van der Waals surface area contributed by atoms with Gasteiger partial charge in [0.1, 0.15) is 0 Å². The maximum atomic E-state index is 5.98. The van der Waals surface area contributed by atoms with Crippen molar-refractivity contribution >= 4 is 11.6 Å². The summed E-state index contributed by atoms with van der Waals surface area (Å²) in [5, 5.41) is 0.812. The molecule has 0 spiro atoms. The van der Waals surface area contributed by atoms with E-state index >= 15 is 0 Å². The Hall–Kier alpha value is -2.05. The molecule has 0 saturated heterocycles. The molecule has 1 heteroatoms. The summed E-state index contributed by atoms with van der Waals surface area (Å²) >= 11 is 5.98. The Bertz CT molecular complexity index is 914. The van der Waals surface area contributed by atoms with Crippen molar-refractivity contribution in [3.63, 3.8) is 0 Å². The second-order valence-corrected chi connectivity index (χ2v) is 9.73. The van der Waals surface area contributed by atoms with Crippen molar-refractivity contribution in [1.82, 2.24) is 0 Å². The van der Waals surface area contributed by atoms with Crippen LogP contribution in [-0.4, -0.2) is 0 Å². The predicted octanol–water partition coefficient (Wildman–Crippen LogP) is 8.59. The molecule has 3 aromatic rings. The van der Waals surface area contributed by atoms with Crippen LogP contribution in [0.2, 0.25) is 5.02 Å². The van der Waals surface area contributed by atoms with Gasteiger partial charge >= 0.3 is 0 Å². The lowest BCUT2D eigenvalue weighted by Crippen LogP contribution is -2.14. The molecule has 3 aromatic carbocycles. The number of rotatable bonds is 8. The van der Waals surface area contributed by atoms with E-state index in [0.29, 0.717) is 0 Å². The van der Waals surface area contributed by atoms with Crippen molar-refractivity contribution in [2.24, 2.45) is 5.92 Å². The highest BCUT2D eigenvalue weighted by atomic mass is 35.5. The molecule has 0 radical (unpaired) electrons. The minimum Gasteiger partial charge on any atom is -0.0843 e. The number of aryl methyl sites for hydroxylation is 4. The van der Waals surface area contributed by atoms with Crippen LogP contribution < -0.4 is 0 Å². The SMILES string of the molecule is CCc1ccc(C2CCC(CCc3ccc(CCc4ccc(Cl)cc4)cc3)CC2)cc1. The van der Waals surface area contributed by atoms with Crippen LogP contribution in [0, 0.1) is 5.92 Å². The van der Waals surface area contributed by atoms with Crippen LogP contribution in [0.4, 0.5) is 0 Å². The average molecular weight is 431 g/mol. The molecule has 0 aromatic heterocycles. The third-order valence-electron chi connectivity index (χ3n) is 7.19. The van der Waals surface area contributed by atoms with Crippen molar-refractivity contribution in [3.05, 3.63) is 106 Å². The van der Waals surface area contributed by atoms with E-state index in [1.807, 2.05) is 12.1 Å². The first-order valence-corrected chi connectivity index (χ1v) is 12.5. The molecule has 0 unspecified atom stereocenters. The van der Waals surface area contributed by atoms with Gasteiger partial charge in [0.15, 0.2) is 0 Å². The summed E-state index contributed by atoms with van der Waals surface area (Å²) in [4.78, 5) is 0. The molecule has 1 aliphatic carbocycles. The van der Waals surface area contributed by atoms with E-state index in [4.69, 9.17) is 11.6 Å². The van der Waals surface area contributed by atoms with Gasteiger partial charge in [-0.05, 0) is 110 Å². The van der Waals surface area contributed by atoms with Crippen molar-refractivity contribution in [2.45, 2.75) is 70.6 Å². The van der Waals surface area contributed by atoms with Gasteiger partial charge in [0.2, 0.25) is 0 Å². The topological polar surface area (TPSA) is 0 Å². The average Bonchev–Trinajstić information content (AvgIpc) is 2.83. The summed E-state index contributed by atoms with van der Waals surface area (Å²) in [5.74, 6) is 1.68. The van der Waals surface area contributed by atoms with Crippen molar-refractivity contribution in [2.75, 3.05) is 0 Å². The molecule has 0 atom stereocenters. The summed E-state index contributed by atoms with van der Waals surface area (Å²) in [5.41, 5.74) is 7.28. The Labute approximate surface area is 193 Å². The van der Waals surface area contributed by atoms with Gasteiger partial charge in [-0.25, -0.2) is 0 Å². The Balaban J connectivity index is 1.19. The minimum atomic E-state index is 0.780. The zero-order chi connectivity index (χ0) is 21.5. The van der Waals surface area contributed by atoms with Gasteiger partial charge in [-0.3, -0.25) is 0 Å². The van der Waals surface area contributed by atoms with Crippen LogP contribution in [0.1, 0.15) is 72.8 Å². The van der Waals surface area contributed by atoms with E-state index in [1.54, 1.807) is 5.56 Å². The van der Waals surface area contributed by atoms with Gasteiger partial charge in [-0.2, -0.15) is 0 Å². The van der Waals surface area contributed by atoms with Gasteiger partial charge in [-0.1, -0.05) is 79.2 Å². The van der Waals surface area contributed by atoms with Gasteiger partial charge in [-0.15, -0.1) is 0 Å². The van der Waals surface area contributed by atoms with Crippen LogP contribution in [0.5, 0.6) is 0 Å². The first kappa shape index (κ1) is 22.2. The molecule has 31 heavy (non-hydrogen) atoms. The first-order chi connectivity index (χ1) is 15.2. The standard InChI is InChI=1S/C30H35Cl/c1-2-23-11-17-28(18-12-23)29-19-13-26(14-20-29)9-7-24-3-5-25(6-4-24)8-10-27-15-21-30(31)22-16-27/h3-6,11-12,15-18,21-22,26,29H,2,7-10,13-14,19-20H2,1H3. The van der Waals surface area contributed by atoms with E-state index in [9.17, 15) is 0 Å². The third kappa shape index (κ3) is 6.47. The third-order valence-corrected chi connectivity index (χ3v) is 7.44. The molecule has 0 amide bonds. The second-order valence-electron chi connectivity index (χ2n) is 9.29. The zero-order valence-corrected chi connectivity index (χ0v) is 19.6. The maximum absolute atomic E-state index is 5.98. The highest BCUT2D eigenvalue weighted by molar-refractivity contribution is 6.30. The molecule has 0 bridgehead atoms. The van der Waals surface area contributed by atoms with Crippen molar-refractivity contribution in [1.29, 1.82) is 0 Å². The van der Waals surface area contributed by atoms with E-state index in [2.05, 4.69) is 67.6 Å². The number of hydrogen-bond donors (Lipinski definition) is 0. The van der Waals surface area contributed by atoms with Crippen molar-refractivity contribution < 1.29 is 0 Å². The summed E-state index contributed by atoms with van der Waals surface area (Å²) in [6.45, 7) is 2.23. The highest BCUT2D eigenvalue weighted by Gasteiger charge is 2.22. The fourth-order valence-corrected chi connectivity index (χ4v) is 5.12. The van der Waals surface area contributed by atoms with E-state index in [-0.39, 0.29) is 0 Å². The number of halogens is 1. The van der Waals surface area contributed by atoms with Crippen LogP contribution in [0.15, 0.2) is 72.8 Å². The van der Waals surface area contributed by atoms with Gasteiger partial charge in [0.25, 0.3) is 0 Å².